The molecule has 3 aromatic rings. The number of amides is 1. The standard InChI is InChI=1S/C22H31I2N7O3P2/c1-22(2,3)29-19-18-20(31(35-23)14-25-18)28-21(27-19)26-15-9-11-16(12-10-15)33-13-7-5-4-6-8-17(32)30-34-36-24/h9-12,14,35-36H,4-8,13H2,1-3H3,(H,30,32)(H2,26,27,28,29). The Balaban J connectivity index is 1.50. The second-order valence-electron chi connectivity index (χ2n) is 9.01. The second-order valence-corrected chi connectivity index (χ2v) is 12.8. The highest BCUT2D eigenvalue weighted by molar-refractivity contribution is 14.2. The number of rotatable bonds is 14. The van der Waals surface area contributed by atoms with E-state index in [0.717, 1.165) is 48.3 Å². The van der Waals surface area contributed by atoms with E-state index in [9.17, 15) is 4.79 Å². The van der Waals surface area contributed by atoms with Crippen molar-refractivity contribution in [3.63, 3.8) is 0 Å². The molecule has 1 aromatic carbocycles. The number of hydroxylamine groups is 1. The van der Waals surface area contributed by atoms with Gasteiger partial charge in [-0.2, -0.15) is 9.97 Å². The summed E-state index contributed by atoms with van der Waals surface area (Å²) in [5.41, 5.74) is 4.69. The number of benzene rings is 1. The summed E-state index contributed by atoms with van der Waals surface area (Å²) in [7, 11) is 0. The monoisotopic (exact) mass is 757 g/mol. The fraction of sp³-hybridized carbons (Fsp3) is 0.455. The predicted molar refractivity (Wildman–Crippen MR) is 166 cm³/mol. The highest BCUT2D eigenvalue weighted by atomic mass is 127. The van der Waals surface area contributed by atoms with Crippen LogP contribution >= 0.6 is 56.9 Å². The van der Waals surface area contributed by atoms with Gasteiger partial charge in [0.25, 0.3) is 0 Å². The number of anilines is 3. The maximum Gasteiger partial charge on any atom is 0.243 e. The Morgan fingerprint density at radius 3 is 2.53 bits per heavy atom. The molecule has 2 unspecified atom stereocenters. The van der Waals surface area contributed by atoms with Gasteiger partial charge in [-0.1, -0.05) is 12.8 Å². The largest absolute Gasteiger partial charge is 0.494 e. The maximum atomic E-state index is 11.5. The average Bonchev–Trinajstić information content (AvgIpc) is 3.25. The smallest absolute Gasteiger partial charge is 0.243 e. The Morgan fingerprint density at radius 2 is 1.83 bits per heavy atom. The number of nitrogens with zero attached hydrogens (tertiary/aromatic N) is 4. The Kier molecular flexibility index (Phi) is 12.1. The molecule has 1 amide bonds. The van der Waals surface area contributed by atoms with Crippen LogP contribution in [0.5, 0.6) is 5.75 Å². The number of hydrogen-bond acceptors (Lipinski definition) is 8. The molecular formula is C22H31I2N7O3P2. The summed E-state index contributed by atoms with van der Waals surface area (Å²) in [6.07, 6.45) is 6.57. The van der Waals surface area contributed by atoms with E-state index in [1.807, 2.05) is 28.6 Å². The molecule has 3 rings (SSSR count). The number of nitrogens with one attached hydrogen (secondary N) is 3. The number of fused-ring (bicyclic) bond motifs is 1. The normalized spacial score (nSPS) is 12.1. The molecule has 14 heteroatoms. The van der Waals surface area contributed by atoms with Gasteiger partial charge in [0.15, 0.2) is 17.0 Å². The van der Waals surface area contributed by atoms with Crippen LogP contribution in [-0.2, 0) is 9.42 Å². The predicted octanol–water partition coefficient (Wildman–Crippen LogP) is 6.89. The van der Waals surface area contributed by atoms with Gasteiger partial charge < -0.3 is 15.4 Å². The highest BCUT2D eigenvalue weighted by Crippen LogP contribution is 2.32. The number of unbranched alkanes of at least 4 members (excludes halogenated alkanes) is 3. The van der Waals surface area contributed by atoms with Crippen LogP contribution in [0.25, 0.3) is 11.2 Å². The minimum absolute atomic E-state index is 0.0628. The SMILES string of the molecule is CC(C)(C)Nc1nc(Nc2ccc(OCCCCCCC(=O)NOPI)cc2)nc2c1ncn2PI. The van der Waals surface area contributed by atoms with Crippen molar-refractivity contribution in [2.24, 2.45) is 0 Å². The zero-order chi connectivity index (χ0) is 26.0. The molecule has 0 saturated heterocycles. The molecule has 3 N–H and O–H groups in total. The van der Waals surface area contributed by atoms with Gasteiger partial charge in [-0.15, -0.1) is 0 Å². The summed E-state index contributed by atoms with van der Waals surface area (Å²) in [5.74, 6) is 1.96. The van der Waals surface area contributed by atoms with E-state index < -0.39 is 0 Å². The van der Waals surface area contributed by atoms with Gasteiger partial charge in [0, 0.05) is 17.6 Å². The lowest BCUT2D eigenvalue weighted by atomic mass is 10.1. The first-order chi connectivity index (χ1) is 17.3. The van der Waals surface area contributed by atoms with E-state index in [2.05, 4.69) is 86.0 Å². The van der Waals surface area contributed by atoms with Crippen molar-refractivity contribution >= 4 is 91.4 Å². The summed E-state index contributed by atoms with van der Waals surface area (Å²) >= 11 is 4.38. The molecule has 0 aliphatic heterocycles. The van der Waals surface area contributed by atoms with Crippen molar-refractivity contribution in [2.45, 2.75) is 58.4 Å². The Labute approximate surface area is 240 Å². The van der Waals surface area contributed by atoms with Crippen LogP contribution in [0, 0.1) is 0 Å². The number of ether oxygens (including phenoxy) is 1. The molecular weight excluding hydrogens is 726 g/mol. The van der Waals surface area contributed by atoms with Gasteiger partial charge in [0.2, 0.25) is 11.9 Å². The van der Waals surface area contributed by atoms with Crippen LogP contribution in [0.2, 0.25) is 0 Å². The average molecular weight is 757 g/mol. The minimum atomic E-state index is -0.161. The van der Waals surface area contributed by atoms with Gasteiger partial charge in [-0.3, -0.25) is 9.13 Å². The van der Waals surface area contributed by atoms with Gasteiger partial charge in [0.1, 0.15) is 18.5 Å². The third kappa shape index (κ3) is 9.66. The fourth-order valence-electron chi connectivity index (χ4n) is 3.28. The maximum absolute atomic E-state index is 11.5. The molecule has 0 bridgehead atoms. The van der Waals surface area contributed by atoms with Crippen molar-refractivity contribution < 1.29 is 14.2 Å². The summed E-state index contributed by atoms with van der Waals surface area (Å²) in [4.78, 5) is 25.4. The van der Waals surface area contributed by atoms with Gasteiger partial charge in [0.05, 0.1) is 13.0 Å². The number of carbonyl (C=O) groups is 1. The fourth-order valence-corrected chi connectivity index (χ4v) is 5.16. The molecule has 2 atom stereocenters. The van der Waals surface area contributed by atoms with E-state index in [1.54, 1.807) is 6.33 Å². The summed E-state index contributed by atoms with van der Waals surface area (Å²) in [6.45, 7) is 7.14. The van der Waals surface area contributed by atoms with Gasteiger partial charge >= 0.3 is 0 Å². The van der Waals surface area contributed by atoms with E-state index in [1.165, 1.54) is 0 Å². The first-order valence-electron chi connectivity index (χ1n) is 11.5. The van der Waals surface area contributed by atoms with E-state index >= 15 is 0 Å². The van der Waals surface area contributed by atoms with E-state index in [0.29, 0.717) is 31.2 Å². The first kappa shape index (κ1) is 29.5. The Bertz CT molecular complexity index is 1130. The molecule has 2 heterocycles. The van der Waals surface area contributed by atoms with Crippen molar-refractivity contribution in [2.75, 3.05) is 17.2 Å². The van der Waals surface area contributed by atoms with E-state index in [-0.39, 0.29) is 17.9 Å². The zero-order valence-electron chi connectivity index (χ0n) is 20.4. The second kappa shape index (κ2) is 14.8. The van der Waals surface area contributed by atoms with Crippen molar-refractivity contribution in [1.29, 1.82) is 0 Å². The summed E-state index contributed by atoms with van der Waals surface area (Å²) in [5, 5.41) is 6.74. The quantitative estimate of drug-likeness (QED) is 0.0706. The molecule has 0 saturated carbocycles. The molecule has 0 aliphatic carbocycles. The van der Waals surface area contributed by atoms with Crippen LogP contribution in [0.15, 0.2) is 30.6 Å². The molecule has 10 nitrogen and oxygen atoms in total. The molecule has 0 aliphatic rings. The molecule has 0 fully saturated rings. The lowest BCUT2D eigenvalue weighted by molar-refractivity contribution is -0.127. The number of aromatic nitrogens is 4. The van der Waals surface area contributed by atoms with Crippen LogP contribution in [0.4, 0.5) is 17.5 Å². The highest BCUT2D eigenvalue weighted by Gasteiger charge is 2.18. The topological polar surface area (TPSA) is 115 Å². The summed E-state index contributed by atoms with van der Waals surface area (Å²) < 4.78 is 12.8. The third-order valence-corrected chi connectivity index (χ3v) is 7.77. The van der Waals surface area contributed by atoms with Crippen LogP contribution < -0.4 is 20.9 Å². The van der Waals surface area contributed by atoms with Crippen LogP contribution in [0.3, 0.4) is 0 Å². The number of carbonyl (C=O) groups excluding carboxylic acids is 1. The van der Waals surface area contributed by atoms with Crippen LogP contribution in [0.1, 0.15) is 52.9 Å². The van der Waals surface area contributed by atoms with Crippen molar-refractivity contribution in [3.8, 4) is 5.75 Å². The van der Waals surface area contributed by atoms with Crippen molar-refractivity contribution in [3.05, 3.63) is 30.6 Å². The minimum Gasteiger partial charge on any atom is -0.494 e. The first-order valence-corrected chi connectivity index (χ1v) is 19.6. The van der Waals surface area contributed by atoms with Crippen molar-refractivity contribution in [1.82, 2.24) is 24.8 Å². The molecule has 2 aromatic heterocycles. The third-order valence-electron chi connectivity index (χ3n) is 4.86. The number of imidazole rings is 1. The summed E-state index contributed by atoms with van der Waals surface area (Å²) in [6, 6.07) is 7.77. The van der Waals surface area contributed by atoms with E-state index in [4.69, 9.17) is 19.3 Å². The number of hydrogen-bond donors (Lipinski definition) is 3. The molecule has 36 heavy (non-hydrogen) atoms. The van der Waals surface area contributed by atoms with Crippen LogP contribution in [-0.4, -0.2) is 37.3 Å². The lowest BCUT2D eigenvalue weighted by Crippen LogP contribution is -2.27. The zero-order valence-corrected chi connectivity index (χ0v) is 26.7. The Hall–Kier alpha value is -1.08. The molecule has 196 valence electrons. The molecule has 0 spiro atoms. The van der Waals surface area contributed by atoms with Gasteiger partial charge in [-0.05, 0) is 102 Å². The number of halogens is 2. The molecule has 0 radical (unpaired) electrons. The Morgan fingerprint density at radius 1 is 1.08 bits per heavy atom. The lowest BCUT2D eigenvalue weighted by Gasteiger charge is -2.21. The van der Waals surface area contributed by atoms with Gasteiger partial charge in [-0.25, -0.2) is 15.1 Å².